The minimum absolute atomic E-state index is 0.00242. The standard InChI is InChI=1S/C14H23N5O3S/c1-10-16-17-12(23-10)4-5-15-14(21)11-8-18(2)6-7-19(11)13(20)9-22-3/h11H,4-9H2,1-3H3,(H,15,21). The van der Waals surface area contributed by atoms with E-state index in [4.69, 9.17) is 4.74 Å². The quantitative estimate of drug-likeness (QED) is 0.736. The van der Waals surface area contributed by atoms with Gasteiger partial charge in [0.2, 0.25) is 11.8 Å². The third-order valence-corrected chi connectivity index (χ3v) is 4.58. The van der Waals surface area contributed by atoms with Gasteiger partial charge in [0.15, 0.2) is 0 Å². The van der Waals surface area contributed by atoms with E-state index in [0.717, 1.165) is 16.6 Å². The first kappa shape index (κ1) is 17.8. The van der Waals surface area contributed by atoms with E-state index in [2.05, 4.69) is 20.4 Å². The highest BCUT2D eigenvalue weighted by Crippen LogP contribution is 2.10. The maximum Gasteiger partial charge on any atom is 0.249 e. The summed E-state index contributed by atoms with van der Waals surface area (Å²) < 4.78 is 4.90. The van der Waals surface area contributed by atoms with Crippen molar-refractivity contribution in [3.63, 3.8) is 0 Å². The molecule has 1 aliphatic heterocycles. The van der Waals surface area contributed by atoms with E-state index in [-0.39, 0.29) is 18.4 Å². The molecule has 0 aliphatic carbocycles. The molecular weight excluding hydrogens is 318 g/mol. The van der Waals surface area contributed by atoms with E-state index in [1.807, 2.05) is 14.0 Å². The highest BCUT2D eigenvalue weighted by Gasteiger charge is 2.33. The Hall–Kier alpha value is -1.58. The second-order valence-electron chi connectivity index (χ2n) is 5.55. The van der Waals surface area contributed by atoms with E-state index in [9.17, 15) is 9.59 Å². The molecule has 2 amide bonds. The summed E-state index contributed by atoms with van der Waals surface area (Å²) in [6, 6.07) is -0.479. The number of ether oxygens (including phenoxy) is 1. The molecule has 1 aromatic rings. The average Bonchev–Trinajstić information content (AvgIpc) is 2.92. The fourth-order valence-electron chi connectivity index (χ4n) is 2.50. The van der Waals surface area contributed by atoms with Gasteiger partial charge in [-0.1, -0.05) is 0 Å². The molecule has 128 valence electrons. The van der Waals surface area contributed by atoms with Gasteiger partial charge in [-0.05, 0) is 14.0 Å². The summed E-state index contributed by atoms with van der Waals surface area (Å²) in [6.45, 7) is 4.20. The maximum absolute atomic E-state index is 12.5. The van der Waals surface area contributed by atoms with Crippen LogP contribution in [0.25, 0.3) is 0 Å². The van der Waals surface area contributed by atoms with Gasteiger partial charge in [-0.15, -0.1) is 21.5 Å². The first-order chi connectivity index (χ1) is 11.0. The van der Waals surface area contributed by atoms with Gasteiger partial charge in [-0.25, -0.2) is 0 Å². The molecule has 0 bridgehead atoms. The molecule has 1 unspecified atom stereocenters. The number of hydrogen-bond acceptors (Lipinski definition) is 7. The van der Waals surface area contributed by atoms with Crippen molar-refractivity contribution in [3.05, 3.63) is 10.0 Å². The molecule has 8 nitrogen and oxygen atoms in total. The van der Waals surface area contributed by atoms with Crippen LogP contribution in [0.2, 0.25) is 0 Å². The number of aromatic nitrogens is 2. The van der Waals surface area contributed by atoms with E-state index in [1.54, 1.807) is 4.90 Å². The van der Waals surface area contributed by atoms with Crippen LogP contribution in [-0.4, -0.2) is 84.8 Å². The minimum Gasteiger partial charge on any atom is -0.375 e. The summed E-state index contributed by atoms with van der Waals surface area (Å²) in [4.78, 5) is 28.2. The summed E-state index contributed by atoms with van der Waals surface area (Å²) in [5.41, 5.74) is 0. The zero-order valence-corrected chi connectivity index (χ0v) is 14.6. The smallest absolute Gasteiger partial charge is 0.249 e. The Kier molecular flexibility index (Phi) is 6.43. The van der Waals surface area contributed by atoms with E-state index in [1.165, 1.54) is 18.4 Å². The molecule has 0 saturated carbocycles. The summed E-state index contributed by atoms with van der Waals surface area (Å²) in [7, 11) is 3.43. The molecule has 0 radical (unpaired) electrons. The number of nitrogens with one attached hydrogen (secondary N) is 1. The van der Waals surface area contributed by atoms with Gasteiger partial charge in [0.1, 0.15) is 22.7 Å². The van der Waals surface area contributed by atoms with Crippen LogP contribution in [0.4, 0.5) is 0 Å². The van der Waals surface area contributed by atoms with Crippen LogP contribution in [0, 0.1) is 6.92 Å². The van der Waals surface area contributed by atoms with Crippen LogP contribution in [0.3, 0.4) is 0 Å². The molecule has 0 spiro atoms. The van der Waals surface area contributed by atoms with Gasteiger partial charge in [0.25, 0.3) is 0 Å². The SMILES string of the molecule is COCC(=O)N1CCN(C)CC1C(=O)NCCc1nnc(C)s1. The van der Waals surface area contributed by atoms with Crippen molar-refractivity contribution in [3.8, 4) is 0 Å². The first-order valence-corrected chi connectivity index (χ1v) is 8.36. The van der Waals surface area contributed by atoms with Crippen molar-refractivity contribution in [2.75, 3.05) is 46.9 Å². The largest absolute Gasteiger partial charge is 0.375 e. The Labute approximate surface area is 139 Å². The molecule has 1 atom stereocenters. The van der Waals surface area contributed by atoms with Crippen molar-refractivity contribution >= 4 is 23.2 Å². The van der Waals surface area contributed by atoms with Gasteiger partial charge in [-0.3, -0.25) is 9.59 Å². The van der Waals surface area contributed by atoms with Crippen LogP contribution < -0.4 is 5.32 Å². The second-order valence-corrected chi connectivity index (χ2v) is 6.82. The van der Waals surface area contributed by atoms with Crippen molar-refractivity contribution in [1.29, 1.82) is 0 Å². The minimum atomic E-state index is -0.479. The van der Waals surface area contributed by atoms with Gasteiger partial charge in [0, 0.05) is 39.7 Å². The summed E-state index contributed by atoms with van der Waals surface area (Å²) in [6.07, 6.45) is 0.645. The number of carbonyl (C=O) groups is 2. The molecule has 1 aromatic heterocycles. The predicted octanol–water partition coefficient (Wildman–Crippen LogP) is -0.706. The zero-order valence-electron chi connectivity index (χ0n) is 13.7. The molecule has 1 N–H and O–H groups in total. The lowest BCUT2D eigenvalue weighted by Gasteiger charge is -2.38. The Morgan fingerprint density at radius 3 is 2.83 bits per heavy atom. The van der Waals surface area contributed by atoms with Gasteiger partial charge in [-0.2, -0.15) is 0 Å². The fourth-order valence-corrected chi connectivity index (χ4v) is 3.21. The number of hydrogen-bond donors (Lipinski definition) is 1. The van der Waals surface area contributed by atoms with Gasteiger partial charge < -0.3 is 19.9 Å². The maximum atomic E-state index is 12.5. The van der Waals surface area contributed by atoms with Crippen molar-refractivity contribution in [2.45, 2.75) is 19.4 Å². The topological polar surface area (TPSA) is 87.7 Å². The predicted molar refractivity (Wildman–Crippen MR) is 86.2 cm³/mol. The Morgan fingerprint density at radius 1 is 1.39 bits per heavy atom. The summed E-state index contributed by atoms with van der Waals surface area (Å²) >= 11 is 1.52. The molecule has 23 heavy (non-hydrogen) atoms. The highest BCUT2D eigenvalue weighted by molar-refractivity contribution is 7.11. The van der Waals surface area contributed by atoms with Crippen LogP contribution in [0.15, 0.2) is 0 Å². The molecule has 1 fully saturated rings. The van der Waals surface area contributed by atoms with Crippen LogP contribution >= 0.6 is 11.3 Å². The summed E-state index contributed by atoms with van der Waals surface area (Å²) in [5.74, 6) is -0.289. The first-order valence-electron chi connectivity index (χ1n) is 7.55. The third-order valence-electron chi connectivity index (χ3n) is 3.68. The molecule has 1 aliphatic rings. The number of methoxy groups -OCH3 is 1. The van der Waals surface area contributed by atoms with E-state index < -0.39 is 6.04 Å². The van der Waals surface area contributed by atoms with Gasteiger partial charge >= 0.3 is 0 Å². The molecule has 2 rings (SSSR count). The van der Waals surface area contributed by atoms with Crippen molar-refractivity contribution in [2.24, 2.45) is 0 Å². The van der Waals surface area contributed by atoms with Crippen molar-refractivity contribution in [1.82, 2.24) is 25.3 Å². The average molecular weight is 341 g/mol. The normalized spacial score (nSPS) is 18.9. The number of rotatable bonds is 6. The van der Waals surface area contributed by atoms with E-state index in [0.29, 0.717) is 26.1 Å². The monoisotopic (exact) mass is 341 g/mol. The molecule has 2 heterocycles. The lowest BCUT2D eigenvalue weighted by molar-refractivity contribution is -0.146. The lowest BCUT2D eigenvalue weighted by atomic mass is 10.1. The Balaban J connectivity index is 1.89. The Morgan fingerprint density at radius 2 is 2.17 bits per heavy atom. The van der Waals surface area contributed by atoms with Gasteiger partial charge in [0.05, 0.1) is 0 Å². The van der Waals surface area contributed by atoms with E-state index >= 15 is 0 Å². The lowest BCUT2D eigenvalue weighted by Crippen LogP contribution is -2.60. The molecule has 9 heteroatoms. The molecular formula is C14H23N5O3S. The zero-order chi connectivity index (χ0) is 16.8. The molecule has 1 saturated heterocycles. The number of likely N-dealkylation sites (N-methyl/N-ethyl adjacent to an activating group) is 1. The Bertz CT molecular complexity index is 550. The van der Waals surface area contributed by atoms with Crippen molar-refractivity contribution < 1.29 is 14.3 Å². The number of aryl methyl sites for hydroxylation is 1. The number of amides is 2. The fraction of sp³-hybridized carbons (Fsp3) is 0.714. The van der Waals surface area contributed by atoms with Crippen LogP contribution in [-0.2, 0) is 20.7 Å². The number of carbonyl (C=O) groups excluding carboxylic acids is 2. The number of nitrogens with zero attached hydrogens (tertiary/aromatic N) is 4. The highest BCUT2D eigenvalue weighted by atomic mass is 32.1. The van der Waals surface area contributed by atoms with Crippen LogP contribution in [0.5, 0.6) is 0 Å². The number of piperazine rings is 1. The third kappa shape index (κ3) is 4.95. The summed E-state index contributed by atoms with van der Waals surface area (Å²) in [5, 5.41) is 12.7. The second kappa shape index (κ2) is 8.32. The van der Waals surface area contributed by atoms with Crippen LogP contribution in [0.1, 0.15) is 10.0 Å². The molecule has 0 aromatic carbocycles.